The molecule has 0 saturated heterocycles. The highest BCUT2D eigenvalue weighted by Crippen LogP contribution is 2.31. The van der Waals surface area contributed by atoms with Gasteiger partial charge in [-0.3, -0.25) is 0 Å². The van der Waals surface area contributed by atoms with Crippen LogP contribution in [0.3, 0.4) is 0 Å². The van der Waals surface area contributed by atoms with Gasteiger partial charge >= 0.3 is 0 Å². The molecule has 1 aromatic carbocycles. The van der Waals surface area contributed by atoms with Gasteiger partial charge in [-0.25, -0.2) is 0 Å². The van der Waals surface area contributed by atoms with Gasteiger partial charge in [0.1, 0.15) is 5.75 Å². The second-order valence-electron chi connectivity index (χ2n) is 6.50. The number of para-hydroxylation sites is 1. The maximum atomic E-state index is 9.24. The summed E-state index contributed by atoms with van der Waals surface area (Å²) in [6, 6.07) is 8.73. The normalized spacial score (nSPS) is 19.7. The Balaban J connectivity index is 1.98. The SMILES string of the molecule is CC(C)CC(CCO)CNC1CCCOc2ccccc21. The van der Waals surface area contributed by atoms with Gasteiger partial charge in [-0.05, 0) is 50.1 Å². The third kappa shape index (κ3) is 5.01. The summed E-state index contributed by atoms with van der Waals surface area (Å²) in [6.07, 6.45) is 4.25. The Morgan fingerprint density at radius 3 is 2.90 bits per heavy atom. The zero-order valence-corrected chi connectivity index (χ0v) is 13.3. The molecule has 1 aliphatic rings. The van der Waals surface area contributed by atoms with Crippen molar-refractivity contribution < 1.29 is 9.84 Å². The van der Waals surface area contributed by atoms with E-state index in [0.29, 0.717) is 17.9 Å². The fourth-order valence-corrected chi connectivity index (χ4v) is 3.20. The van der Waals surface area contributed by atoms with E-state index in [-0.39, 0.29) is 6.61 Å². The standard InChI is InChI=1S/C18H29NO2/c1-14(2)12-15(9-10-20)13-19-17-7-5-11-21-18-8-4-3-6-16(17)18/h3-4,6,8,14-15,17,19-20H,5,7,9-13H2,1-2H3. The zero-order valence-electron chi connectivity index (χ0n) is 13.3. The number of rotatable bonds is 7. The molecule has 0 saturated carbocycles. The minimum atomic E-state index is 0.281. The van der Waals surface area contributed by atoms with Crippen LogP contribution in [0, 0.1) is 11.8 Å². The van der Waals surface area contributed by atoms with Gasteiger partial charge < -0.3 is 15.2 Å². The second-order valence-corrected chi connectivity index (χ2v) is 6.50. The van der Waals surface area contributed by atoms with Gasteiger partial charge in [0.05, 0.1) is 6.61 Å². The highest BCUT2D eigenvalue weighted by atomic mass is 16.5. The largest absolute Gasteiger partial charge is 0.493 e. The monoisotopic (exact) mass is 291 g/mol. The van der Waals surface area contributed by atoms with Gasteiger partial charge in [0.25, 0.3) is 0 Å². The molecule has 0 aromatic heterocycles. The number of fused-ring (bicyclic) bond motifs is 1. The topological polar surface area (TPSA) is 41.5 Å². The molecule has 0 fully saturated rings. The van der Waals surface area contributed by atoms with Crippen molar-refractivity contribution in [1.82, 2.24) is 5.32 Å². The maximum Gasteiger partial charge on any atom is 0.124 e. The Hall–Kier alpha value is -1.06. The molecule has 0 spiro atoms. The van der Waals surface area contributed by atoms with E-state index in [1.165, 1.54) is 12.0 Å². The first-order valence-corrected chi connectivity index (χ1v) is 8.26. The van der Waals surface area contributed by atoms with Crippen molar-refractivity contribution in [2.24, 2.45) is 11.8 Å². The lowest BCUT2D eigenvalue weighted by atomic mass is 9.93. The Kier molecular flexibility index (Phi) is 6.52. The van der Waals surface area contributed by atoms with E-state index in [9.17, 15) is 5.11 Å². The summed E-state index contributed by atoms with van der Waals surface area (Å²) < 4.78 is 5.82. The van der Waals surface area contributed by atoms with Crippen LogP contribution < -0.4 is 10.1 Å². The molecule has 2 N–H and O–H groups in total. The van der Waals surface area contributed by atoms with Crippen molar-refractivity contribution >= 4 is 0 Å². The molecule has 1 heterocycles. The Morgan fingerprint density at radius 2 is 2.14 bits per heavy atom. The molecule has 2 atom stereocenters. The number of benzene rings is 1. The average molecular weight is 291 g/mol. The number of nitrogens with one attached hydrogen (secondary N) is 1. The van der Waals surface area contributed by atoms with Crippen molar-refractivity contribution in [3.05, 3.63) is 29.8 Å². The van der Waals surface area contributed by atoms with Crippen LogP contribution in [0.5, 0.6) is 5.75 Å². The number of aliphatic hydroxyl groups excluding tert-OH is 1. The fourth-order valence-electron chi connectivity index (χ4n) is 3.20. The van der Waals surface area contributed by atoms with Crippen molar-refractivity contribution in [3.63, 3.8) is 0 Å². The van der Waals surface area contributed by atoms with Crippen LogP contribution in [-0.4, -0.2) is 24.9 Å². The van der Waals surface area contributed by atoms with Crippen LogP contribution >= 0.6 is 0 Å². The van der Waals surface area contributed by atoms with E-state index in [1.54, 1.807) is 0 Å². The molecule has 0 radical (unpaired) electrons. The van der Waals surface area contributed by atoms with Gasteiger partial charge in [-0.1, -0.05) is 32.0 Å². The maximum absolute atomic E-state index is 9.24. The average Bonchev–Trinajstić information content (AvgIpc) is 2.67. The molecule has 3 nitrogen and oxygen atoms in total. The van der Waals surface area contributed by atoms with E-state index in [0.717, 1.165) is 38.2 Å². The van der Waals surface area contributed by atoms with Crippen molar-refractivity contribution in [1.29, 1.82) is 0 Å². The third-order valence-corrected chi connectivity index (χ3v) is 4.18. The molecule has 1 aliphatic heterocycles. The van der Waals surface area contributed by atoms with E-state index in [2.05, 4.69) is 37.4 Å². The molecular weight excluding hydrogens is 262 g/mol. The summed E-state index contributed by atoms with van der Waals surface area (Å²) in [5, 5.41) is 13.0. The molecule has 2 rings (SSSR count). The lowest BCUT2D eigenvalue weighted by molar-refractivity contribution is 0.235. The molecule has 0 aliphatic carbocycles. The first-order valence-electron chi connectivity index (χ1n) is 8.26. The number of hydrogen-bond donors (Lipinski definition) is 2. The first kappa shape index (κ1) is 16.3. The molecule has 0 bridgehead atoms. The lowest BCUT2D eigenvalue weighted by Crippen LogP contribution is -2.28. The molecule has 2 unspecified atom stereocenters. The van der Waals surface area contributed by atoms with Gasteiger partial charge in [-0.15, -0.1) is 0 Å². The van der Waals surface area contributed by atoms with Crippen LogP contribution in [0.4, 0.5) is 0 Å². The smallest absolute Gasteiger partial charge is 0.124 e. The molecule has 21 heavy (non-hydrogen) atoms. The Labute approximate surface area is 128 Å². The van der Waals surface area contributed by atoms with Crippen molar-refractivity contribution in [3.8, 4) is 5.75 Å². The summed E-state index contributed by atoms with van der Waals surface area (Å²) >= 11 is 0. The van der Waals surface area contributed by atoms with E-state index in [4.69, 9.17) is 4.74 Å². The van der Waals surface area contributed by atoms with Gasteiger partial charge in [-0.2, -0.15) is 0 Å². The molecule has 118 valence electrons. The quantitative estimate of drug-likeness (QED) is 0.807. The highest BCUT2D eigenvalue weighted by molar-refractivity contribution is 5.36. The van der Waals surface area contributed by atoms with Crippen LogP contribution in [0.1, 0.15) is 51.1 Å². The summed E-state index contributed by atoms with van der Waals surface area (Å²) in [6.45, 7) is 6.56. The highest BCUT2D eigenvalue weighted by Gasteiger charge is 2.20. The van der Waals surface area contributed by atoms with Crippen LogP contribution in [-0.2, 0) is 0 Å². The minimum Gasteiger partial charge on any atom is -0.493 e. The molecule has 0 amide bonds. The van der Waals surface area contributed by atoms with Crippen molar-refractivity contribution in [2.45, 2.75) is 45.6 Å². The molecular formula is C18H29NO2. The second kappa shape index (κ2) is 8.40. The summed E-state index contributed by atoms with van der Waals surface area (Å²) in [5.41, 5.74) is 1.28. The third-order valence-electron chi connectivity index (χ3n) is 4.18. The fraction of sp³-hybridized carbons (Fsp3) is 0.667. The zero-order chi connectivity index (χ0) is 15.1. The van der Waals surface area contributed by atoms with E-state index < -0.39 is 0 Å². The molecule has 3 heteroatoms. The van der Waals surface area contributed by atoms with Crippen LogP contribution in [0.25, 0.3) is 0 Å². The Morgan fingerprint density at radius 1 is 1.33 bits per heavy atom. The number of hydrogen-bond acceptors (Lipinski definition) is 3. The van der Waals surface area contributed by atoms with E-state index in [1.807, 2.05) is 6.07 Å². The van der Waals surface area contributed by atoms with Gasteiger partial charge in [0, 0.05) is 18.2 Å². The predicted molar refractivity (Wildman–Crippen MR) is 86.6 cm³/mol. The number of aliphatic hydroxyl groups is 1. The van der Waals surface area contributed by atoms with Crippen LogP contribution in [0.2, 0.25) is 0 Å². The van der Waals surface area contributed by atoms with Gasteiger partial charge in [0.15, 0.2) is 0 Å². The summed E-state index contributed by atoms with van der Waals surface area (Å²) in [5.74, 6) is 2.24. The first-order chi connectivity index (χ1) is 10.2. The summed E-state index contributed by atoms with van der Waals surface area (Å²) in [4.78, 5) is 0. The van der Waals surface area contributed by atoms with Crippen molar-refractivity contribution in [2.75, 3.05) is 19.8 Å². The number of ether oxygens (including phenoxy) is 1. The molecule has 1 aromatic rings. The predicted octanol–water partition coefficient (Wildman–Crippen LogP) is 3.53. The summed E-state index contributed by atoms with van der Waals surface area (Å²) in [7, 11) is 0. The lowest BCUT2D eigenvalue weighted by Gasteiger charge is -2.24. The van der Waals surface area contributed by atoms with E-state index >= 15 is 0 Å². The van der Waals surface area contributed by atoms with Crippen LogP contribution in [0.15, 0.2) is 24.3 Å². The minimum absolute atomic E-state index is 0.281. The van der Waals surface area contributed by atoms with Gasteiger partial charge in [0.2, 0.25) is 0 Å². The Bertz CT molecular complexity index is 419.